The largest absolute Gasteiger partial charge is 0.493 e. The first kappa shape index (κ1) is 26.5. The zero-order valence-corrected chi connectivity index (χ0v) is 21.8. The molecule has 8 nitrogen and oxygen atoms in total. The Bertz CT molecular complexity index is 1400. The highest BCUT2D eigenvalue weighted by atomic mass is 32.2. The molecule has 0 bridgehead atoms. The van der Waals surface area contributed by atoms with E-state index in [4.69, 9.17) is 9.47 Å². The predicted octanol–water partition coefficient (Wildman–Crippen LogP) is 5.56. The molecule has 1 aromatic carbocycles. The lowest BCUT2D eigenvalue weighted by atomic mass is 10.1. The molecule has 0 atom stereocenters. The summed E-state index contributed by atoms with van der Waals surface area (Å²) in [6, 6.07) is 11.7. The second kappa shape index (κ2) is 11.2. The van der Waals surface area contributed by atoms with Gasteiger partial charge in [0.1, 0.15) is 23.2 Å². The molecule has 3 aromatic rings. The predicted molar refractivity (Wildman–Crippen MR) is 141 cm³/mol. The summed E-state index contributed by atoms with van der Waals surface area (Å²) in [5, 5.41) is -0.266. The van der Waals surface area contributed by atoms with Crippen LogP contribution in [0.25, 0.3) is 11.3 Å². The fourth-order valence-electron chi connectivity index (χ4n) is 3.98. The third kappa shape index (κ3) is 6.82. The molecule has 0 aliphatic heterocycles. The molecule has 1 fully saturated rings. The minimum atomic E-state index is -4.22. The second-order valence-corrected chi connectivity index (χ2v) is 11.1. The molecule has 2 heterocycles. The summed E-state index contributed by atoms with van der Waals surface area (Å²) in [4.78, 5) is 21.6. The van der Waals surface area contributed by atoms with Crippen LogP contribution in [-0.2, 0) is 10.0 Å². The smallest absolute Gasteiger partial charge is 0.281 e. The lowest BCUT2D eigenvalue weighted by Gasteiger charge is -2.17. The van der Waals surface area contributed by atoms with Gasteiger partial charge in [0, 0.05) is 20.2 Å². The van der Waals surface area contributed by atoms with Crippen molar-refractivity contribution in [1.29, 1.82) is 0 Å². The van der Waals surface area contributed by atoms with Gasteiger partial charge < -0.3 is 9.47 Å². The zero-order chi connectivity index (χ0) is 26.6. The van der Waals surface area contributed by atoms with E-state index in [1.807, 2.05) is 13.8 Å². The van der Waals surface area contributed by atoms with E-state index in [9.17, 15) is 17.6 Å². The lowest BCUT2D eigenvalue weighted by molar-refractivity contribution is 0.0972. The first-order valence-corrected chi connectivity index (χ1v) is 13.7. The minimum absolute atomic E-state index is 0. The Hall–Kier alpha value is -3.53. The fraction of sp³-hybridized carbons (Fsp3) is 0.370. The maximum Gasteiger partial charge on any atom is 0.281 e. The number of rotatable bonds is 9. The number of pyridine rings is 2. The van der Waals surface area contributed by atoms with Crippen molar-refractivity contribution in [3.05, 3.63) is 65.6 Å². The van der Waals surface area contributed by atoms with Gasteiger partial charge in [0.25, 0.3) is 15.9 Å². The molecular weight excluding hydrogens is 497 g/mol. The Morgan fingerprint density at radius 1 is 1.14 bits per heavy atom. The van der Waals surface area contributed by atoms with Crippen molar-refractivity contribution in [3.63, 3.8) is 0 Å². The average molecular weight is 532 g/mol. The number of carbonyl (C=O) groups is 1. The van der Waals surface area contributed by atoms with Crippen LogP contribution in [-0.4, -0.2) is 37.0 Å². The van der Waals surface area contributed by atoms with Crippen LogP contribution < -0.4 is 14.2 Å². The van der Waals surface area contributed by atoms with Crippen molar-refractivity contribution in [1.82, 2.24) is 14.7 Å². The quantitative estimate of drug-likeness (QED) is 0.385. The van der Waals surface area contributed by atoms with Crippen molar-refractivity contribution in [2.45, 2.75) is 57.6 Å². The molecule has 0 radical (unpaired) electrons. The van der Waals surface area contributed by atoms with E-state index in [1.54, 1.807) is 25.1 Å². The van der Waals surface area contributed by atoms with Crippen molar-refractivity contribution in [3.8, 4) is 22.9 Å². The average Bonchev–Trinajstić information content (AvgIpc) is 3.35. The molecule has 0 spiro atoms. The molecule has 0 unspecified atom stereocenters. The molecular formula is C27H34FN3O5S. The van der Waals surface area contributed by atoms with Gasteiger partial charge in [-0.15, -0.1) is 0 Å². The van der Waals surface area contributed by atoms with Crippen LogP contribution in [0.1, 0.15) is 58.4 Å². The first-order chi connectivity index (χ1) is 17.6. The summed E-state index contributed by atoms with van der Waals surface area (Å²) < 4.78 is 53.7. The van der Waals surface area contributed by atoms with E-state index in [0.717, 1.165) is 25.7 Å². The zero-order valence-electron chi connectivity index (χ0n) is 21.0. The van der Waals surface area contributed by atoms with E-state index < -0.39 is 21.7 Å². The maximum absolute atomic E-state index is 14.4. The van der Waals surface area contributed by atoms with Crippen LogP contribution in [0.4, 0.5) is 4.39 Å². The van der Waals surface area contributed by atoms with Gasteiger partial charge in [0.15, 0.2) is 5.03 Å². The van der Waals surface area contributed by atoms with Gasteiger partial charge in [-0.1, -0.05) is 19.9 Å². The normalized spacial score (nSPS) is 14.1. The Balaban J connectivity index is 0.00000267. The van der Waals surface area contributed by atoms with Gasteiger partial charge in [-0.05, 0) is 74.9 Å². The highest BCUT2D eigenvalue weighted by Gasteiger charge is 2.26. The second-order valence-electron chi connectivity index (χ2n) is 9.51. The van der Waals surface area contributed by atoms with Crippen molar-refractivity contribution in [2.75, 3.05) is 6.61 Å². The Kier molecular flexibility index (Phi) is 8.06. The molecule has 1 N–H and O–H groups in total. The van der Waals surface area contributed by atoms with Crippen molar-refractivity contribution < 1.29 is 29.9 Å². The summed E-state index contributed by atoms with van der Waals surface area (Å²) >= 11 is 0. The van der Waals surface area contributed by atoms with Crippen LogP contribution in [0.5, 0.6) is 11.6 Å². The molecule has 1 saturated carbocycles. The number of ether oxygens (including phenoxy) is 2. The molecule has 4 rings (SSSR count). The minimum Gasteiger partial charge on any atom is -0.493 e. The topological polar surface area (TPSA) is 107 Å². The highest BCUT2D eigenvalue weighted by molar-refractivity contribution is 7.90. The third-order valence-electron chi connectivity index (χ3n) is 5.80. The molecule has 37 heavy (non-hydrogen) atoms. The van der Waals surface area contributed by atoms with Gasteiger partial charge in [0.2, 0.25) is 5.88 Å². The molecule has 0 saturated heterocycles. The number of nitrogens with one attached hydrogen (secondary N) is 1. The number of aryl methyl sites for hydroxylation is 1. The number of hydrogen-bond acceptors (Lipinski definition) is 7. The van der Waals surface area contributed by atoms with Crippen LogP contribution in [0.15, 0.2) is 53.6 Å². The summed E-state index contributed by atoms with van der Waals surface area (Å²) in [7, 11) is -4.22. The molecule has 1 aliphatic carbocycles. The van der Waals surface area contributed by atoms with E-state index >= 15 is 0 Å². The fourth-order valence-corrected chi connectivity index (χ4v) is 4.96. The number of halogens is 1. The summed E-state index contributed by atoms with van der Waals surface area (Å²) in [6.07, 6.45) is 3.42. The Labute approximate surface area is 219 Å². The van der Waals surface area contributed by atoms with Crippen molar-refractivity contribution >= 4 is 15.9 Å². The SMILES string of the molecule is Cc1cccc(S(=O)(=O)NC(=O)c2ccc(-c3cc(F)cc(OCC(C)C)c3)nc2OC2CCCC2)n1.[HH].[HH]. The number of aromatic nitrogens is 2. The van der Waals surface area contributed by atoms with Crippen LogP contribution in [0.3, 0.4) is 0 Å². The van der Waals surface area contributed by atoms with E-state index in [-0.39, 0.29) is 31.3 Å². The number of carbonyl (C=O) groups excluding carboxylic acids is 1. The van der Waals surface area contributed by atoms with E-state index in [2.05, 4.69) is 14.7 Å². The van der Waals surface area contributed by atoms with Gasteiger partial charge in [0.05, 0.1) is 12.3 Å². The monoisotopic (exact) mass is 531 g/mol. The lowest BCUT2D eigenvalue weighted by Crippen LogP contribution is -2.32. The molecule has 200 valence electrons. The third-order valence-corrected chi connectivity index (χ3v) is 7.03. The molecule has 2 aromatic heterocycles. The summed E-state index contributed by atoms with van der Waals surface area (Å²) in [5.41, 5.74) is 1.26. The highest BCUT2D eigenvalue weighted by Crippen LogP contribution is 2.30. The molecule has 1 amide bonds. The molecule has 1 aliphatic rings. The van der Waals surface area contributed by atoms with E-state index in [1.165, 1.54) is 30.3 Å². The van der Waals surface area contributed by atoms with Crippen LogP contribution >= 0.6 is 0 Å². The van der Waals surface area contributed by atoms with Crippen LogP contribution in [0, 0.1) is 18.7 Å². The number of amides is 1. The number of benzene rings is 1. The summed E-state index contributed by atoms with van der Waals surface area (Å²) in [5.74, 6) is -0.767. The Morgan fingerprint density at radius 3 is 2.59 bits per heavy atom. The van der Waals surface area contributed by atoms with Gasteiger partial charge in [-0.3, -0.25) is 4.79 Å². The maximum atomic E-state index is 14.4. The van der Waals surface area contributed by atoms with Gasteiger partial charge in [-0.2, -0.15) is 8.42 Å². The molecule has 10 heteroatoms. The number of hydrogen-bond donors (Lipinski definition) is 1. The van der Waals surface area contributed by atoms with Gasteiger partial charge in [-0.25, -0.2) is 19.1 Å². The Morgan fingerprint density at radius 2 is 1.89 bits per heavy atom. The summed E-state index contributed by atoms with van der Waals surface area (Å²) in [6.45, 7) is 6.07. The van der Waals surface area contributed by atoms with E-state index in [0.29, 0.717) is 29.3 Å². The number of nitrogens with zero attached hydrogens (tertiary/aromatic N) is 2. The number of sulfonamides is 1. The van der Waals surface area contributed by atoms with Crippen molar-refractivity contribution in [2.24, 2.45) is 5.92 Å². The van der Waals surface area contributed by atoms with Crippen LogP contribution in [0.2, 0.25) is 0 Å². The van der Waals surface area contributed by atoms with Gasteiger partial charge >= 0.3 is 0 Å². The standard InChI is InChI=1S/C27H30FN3O5S.2H2/c1-17(2)16-35-22-14-19(13-20(28)15-22)24-12-11-23(27(30-24)36-21-8-4-5-9-21)26(32)31-37(33,34)25-10-6-7-18(3)29-25;;/h6-7,10-15,17,21H,4-5,8-9,16H2,1-3H3,(H,31,32);2*1H. The first-order valence-electron chi connectivity index (χ1n) is 12.2.